The highest BCUT2D eigenvalue weighted by Gasteiger charge is 2.34. The highest BCUT2D eigenvalue weighted by Crippen LogP contribution is 2.24. The molecule has 3 N–H and O–H groups in total. The zero-order valence-electron chi connectivity index (χ0n) is 12.4. The number of nitrogens with two attached hydrogens (primary N) is 1. The Morgan fingerprint density at radius 3 is 2.12 bits per heavy atom. The number of rotatable bonds is 6. The maximum absolute atomic E-state index is 13.5. The molecule has 0 bridgehead atoms. The number of benzene rings is 1. The molecule has 1 atom stereocenters. The number of nitrogens with zero attached hydrogens (tertiary/aromatic N) is 1. The highest BCUT2D eigenvalue weighted by atomic mass is 35.5. The molecule has 1 heterocycles. The van der Waals surface area contributed by atoms with Crippen molar-refractivity contribution in [3.63, 3.8) is 0 Å². The number of amides is 2. The van der Waals surface area contributed by atoms with Crippen molar-refractivity contribution in [1.29, 1.82) is 0 Å². The fourth-order valence-electron chi connectivity index (χ4n) is 2.23. The lowest BCUT2D eigenvalue weighted by Gasteiger charge is -2.13. The zero-order chi connectivity index (χ0) is 17.1. The van der Waals surface area contributed by atoms with Crippen LogP contribution in [-0.2, 0) is 4.79 Å². The molecule has 0 saturated heterocycles. The number of imide groups is 1. The van der Waals surface area contributed by atoms with Gasteiger partial charge in [-0.25, -0.2) is 8.78 Å². The van der Waals surface area contributed by atoms with Gasteiger partial charge in [0.25, 0.3) is 11.8 Å². The Bertz CT molecular complexity index is 673. The molecule has 1 aromatic carbocycles. The van der Waals surface area contributed by atoms with E-state index in [1.54, 1.807) is 12.1 Å². The van der Waals surface area contributed by atoms with Gasteiger partial charge in [-0.15, -0.1) is 12.4 Å². The number of halogens is 3. The number of fused-ring (bicyclic) bond motifs is 1. The van der Waals surface area contributed by atoms with E-state index in [1.807, 2.05) is 0 Å². The van der Waals surface area contributed by atoms with Gasteiger partial charge in [-0.1, -0.05) is 12.1 Å². The summed E-state index contributed by atoms with van der Waals surface area (Å²) in [4.78, 5) is 35.5. The number of carbonyl (C=O) groups excluding carboxylic acids is 2. The van der Waals surface area contributed by atoms with Crippen molar-refractivity contribution >= 4 is 30.2 Å². The summed E-state index contributed by atoms with van der Waals surface area (Å²) < 4.78 is 26.9. The van der Waals surface area contributed by atoms with Gasteiger partial charge >= 0.3 is 5.97 Å². The Labute approximate surface area is 142 Å². The van der Waals surface area contributed by atoms with E-state index in [0.29, 0.717) is 0 Å². The summed E-state index contributed by atoms with van der Waals surface area (Å²) in [6.45, 7) is -0.102. The molecule has 0 aromatic heterocycles. The third-order valence-corrected chi connectivity index (χ3v) is 3.45. The van der Waals surface area contributed by atoms with Gasteiger partial charge in [-0.3, -0.25) is 19.3 Å². The predicted molar refractivity (Wildman–Crippen MR) is 83.1 cm³/mol. The predicted octanol–water partition coefficient (Wildman–Crippen LogP) is 2.05. The van der Waals surface area contributed by atoms with E-state index in [4.69, 9.17) is 10.8 Å². The molecule has 1 aliphatic heterocycles. The van der Waals surface area contributed by atoms with E-state index in [1.165, 1.54) is 12.1 Å². The van der Waals surface area contributed by atoms with Crippen LogP contribution >= 0.6 is 12.4 Å². The Morgan fingerprint density at radius 1 is 1.17 bits per heavy atom. The molecule has 2 amide bonds. The van der Waals surface area contributed by atoms with E-state index in [9.17, 15) is 23.2 Å². The normalized spacial score (nSPS) is 15.5. The van der Waals surface area contributed by atoms with Gasteiger partial charge in [0.05, 0.1) is 11.1 Å². The molecular weight excluding hydrogens is 346 g/mol. The second-order valence-corrected chi connectivity index (χ2v) is 4.98. The van der Waals surface area contributed by atoms with Crippen molar-refractivity contribution in [3.8, 4) is 0 Å². The van der Waals surface area contributed by atoms with Gasteiger partial charge in [0.2, 0.25) is 0 Å². The smallest absolute Gasteiger partial charge is 0.327 e. The standard InChI is InChI=1S/C15H14F2N2O4.ClH/c16-10(11(17)12(18)15(22)23)6-3-7-19-13(20)8-4-1-2-5-9(8)14(19)21;/h1-2,4-5,12H,3,6-7,18H2,(H,22,23);1H/b11-10+;. The van der Waals surface area contributed by atoms with Gasteiger partial charge < -0.3 is 10.8 Å². The van der Waals surface area contributed by atoms with Crippen LogP contribution in [0, 0.1) is 0 Å². The summed E-state index contributed by atoms with van der Waals surface area (Å²) in [5.41, 5.74) is 5.51. The van der Waals surface area contributed by atoms with Gasteiger partial charge in [-0.05, 0) is 18.6 Å². The number of allylic oxidation sites excluding steroid dienone is 1. The number of carboxylic acid groups (broad SMARTS) is 1. The van der Waals surface area contributed by atoms with Crippen LogP contribution in [0.5, 0.6) is 0 Å². The molecule has 24 heavy (non-hydrogen) atoms. The summed E-state index contributed by atoms with van der Waals surface area (Å²) in [5.74, 6) is -5.51. The van der Waals surface area contributed by atoms with Crippen LogP contribution in [0.2, 0.25) is 0 Å². The lowest BCUT2D eigenvalue weighted by atomic mass is 10.1. The van der Waals surface area contributed by atoms with E-state index < -0.39 is 41.9 Å². The molecule has 1 aliphatic rings. The molecular formula is C15H15ClF2N2O4. The summed E-state index contributed by atoms with van der Waals surface area (Å²) >= 11 is 0. The van der Waals surface area contributed by atoms with Crippen LogP contribution in [0.4, 0.5) is 8.78 Å². The van der Waals surface area contributed by atoms with E-state index in [-0.39, 0.29) is 36.5 Å². The molecule has 0 saturated carbocycles. The highest BCUT2D eigenvalue weighted by molar-refractivity contribution is 6.21. The molecule has 1 aromatic rings. The lowest BCUT2D eigenvalue weighted by molar-refractivity contribution is -0.138. The van der Waals surface area contributed by atoms with Gasteiger partial charge in [-0.2, -0.15) is 0 Å². The Hall–Kier alpha value is -2.32. The first kappa shape index (κ1) is 19.7. The summed E-state index contributed by atoms with van der Waals surface area (Å²) in [6.07, 6.45) is -0.503. The molecule has 1 unspecified atom stereocenters. The molecule has 2 rings (SSSR count). The fourth-order valence-corrected chi connectivity index (χ4v) is 2.23. The average Bonchev–Trinajstić information content (AvgIpc) is 2.78. The summed E-state index contributed by atoms with van der Waals surface area (Å²) in [5, 5.41) is 8.51. The molecule has 9 heteroatoms. The largest absolute Gasteiger partial charge is 0.480 e. The molecule has 0 fully saturated rings. The van der Waals surface area contributed by atoms with Crippen LogP contribution in [0.1, 0.15) is 33.6 Å². The van der Waals surface area contributed by atoms with Crippen LogP contribution in [-0.4, -0.2) is 40.4 Å². The fraction of sp³-hybridized carbons (Fsp3) is 0.267. The maximum Gasteiger partial charge on any atom is 0.327 e. The lowest BCUT2D eigenvalue weighted by Crippen LogP contribution is -2.32. The minimum absolute atomic E-state index is 0. The van der Waals surface area contributed by atoms with Crippen molar-refractivity contribution in [1.82, 2.24) is 4.90 Å². The van der Waals surface area contributed by atoms with Crippen molar-refractivity contribution in [2.75, 3.05) is 6.54 Å². The van der Waals surface area contributed by atoms with Crippen molar-refractivity contribution in [2.45, 2.75) is 18.9 Å². The van der Waals surface area contributed by atoms with Gasteiger partial charge in [0.1, 0.15) is 5.83 Å². The average molecular weight is 361 g/mol. The minimum atomic E-state index is -2.06. The zero-order valence-corrected chi connectivity index (χ0v) is 13.2. The third-order valence-electron chi connectivity index (χ3n) is 3.45. The molecule has 0 radical (unpaired) electrons. The van der Waals surface area contributed by atoms with E-state index in [0.717, 1.165) is 4.90 Å². The molecule has 0 spiro atoms. The van der Waals surface area contributed by atoms with Crippen molar-refractivity contribution < 1.29 is 28.3 Å². The van der Waals surface area contributed by atoms with Gasteiger partial charge in [0, 0.05) is 13.0 Å². The number of hydrogen-bond acceptors (Lipinski definition) is 4. The van der Waals surface area contributed by atoms with Crippen LogP contribution < -0.4 is 5.73 Å². The topological polar surface area (TPSA) is 101 Å². The third kappa shape index (κ3) is 3.77. The monoisotopic (exact) mass is 360 g/mol. The first-order valence-electron chi connectivity index (χ1n) is 6.82. The molecule has 6 nitrogen and oxygen atoms in total. The van der Waals surface area contributed by atoms with Crippen molar-refractivity contribution in [3.05, 3.63) is 47.0 Å². The second-order valence-electron chi connectivity index (χ2n) is 4.98. The van der Waals surface area contributed by atoms with Crippen molar-refractivity contribution in [2.24, 2.45) is 5.73 Å². The number of carbonyl (C=O) groups is 3. The molecule has 0 aliphatic carbocycles. The van der Waals surface area contributed by atoms with Crippen LogP contribution in [0.3, 0.4) is 0 Å². The van der Waals surface area contributed by atoms with E-state index >= 15 is 0 Å². The Morgan fingerprint density at radius 2 is 1.67 bits per heavy atom. The number of carboxylic acids is 1. The first-order valence-corrected chi connectivity index (χ1v) is 6.82. The first-order chi connectivity index (χ1) is 10.8. The molecule has 130 valence electrons. The number of aliphatic carboxylic acids is 1. The maximum atomic E-state index is 13.5. The van der Waals surface area contributed by atoms with Crippen LogP contribution in [0.25, 0.3) is 0 Å². The number of hydrogen-bond donors (Lipinski definition) is 2. The SMILES string of the molecule is Cl.NC(C(=O)O)/C(F)=C(\F)CCCN1C(=O)c2ccccc2C1=O. The second kappa shape index (κ2) is 7.98. The summed E-state index contributed by atoms with van der Waals surface area (Å²) in [6, 6.07) is 4.22. The van der Waals surface area contributed by atoms with Crippen LogP contribution in [0.15, 0.2) is 35.9 Å². The Kier molecular flexibility index (Phi) is 6.56. The van der Waals surface area contributed by atoms with E-state index in [2.05, 4.69) is 0 Å². The Balaban J connectivity index is 0.00000288. The quantitative estimate of drug-likeness (QED) is 0.756. The minimum Gasteiger partial charge on any atom is -0.480 e. The summed E-state index contributed by atoms with van der Waals surface area (Å²) in [7, 11) is 0. The van der Waals surface area contributed by atoms with Gasteiger partial charge in [0.15, 0.2) is 11.9 Å².